The molecular weight excluding hydrogens is 417 g/mol. The van der Waals surface area contributed by atoms with Crippen molar-refractivity contribution in [1.82, 2.24) is 9.80 Å². The van der Waals surface area contributed by atoms with Crippen LogP contribution in [0.5, 0.6) is 5.75 Å². The van der Waals surface area contributed by atoms with Crippen molar-refractivity contribution in [3.8, 4) is 5.75 Å². The van der Waals surface area contributed by atoms with Gasteiger partial charge in [0.05, 0.1) is 12.7 Å². The standard InChI is InChI=1S/C16H21ClN2O3.C2HF3O2/c1-18-5-6-21-15-10-19(9-12(15)8-18)16(20)11-22-14-4-2-3-13(17)7-14;3-2(4,5)1(6)7/h2-4,7,12,15H,5-6,8-11H2,1H3;(H,6,7)/t12-,15+;/m0./s1. The number of carbonyl (C=O) groups is 2. The van der Waals surface area contributed by atoms with Crippen molar-refractivity contribution >= 4 is 23.5 Å². The number of rotatable bonds is 3. The van der Waals surface area contributed by atoms with Gasteiger partial charge in [-0.1, -0.05) is 17.7 Å². The topological polar surface area (TPSA) is 79.3 Å². The lowest BCUT2D eigenvalue weighted by Crippen LogP contribution is -2.35. The van der Waals surface area contributed by atoms with Gasteiger partial charge in [-0.05, 0) is 25.2 Å². The SMILES string of the molecule is CN1CCO[C@@H]2CN(C(=O)COc3cccc(Cl)c3)C[C@@H]2C1.O=C(O)C(F)(F)F. The van der Waals surface area contributed by atoms with E-state index in [0.717, 1.165) is 26.2 Å². The molecule has 2 aliphatic heterocycles. The largest absolute Gasteiger partial charge is 0.490 e. The number of carbonyl (C=O) groups excluding carboxylic acids is 1. The van der Waals surface area contributed by atoms with Gasteiger partial charge in [-0.15, -0.1) is 0 Å². The summed E-state index contributed by atoms with van der Waals surface area (Å²) >= 11 is 5.90. The molecule has 2 heterocycles. The fraction of sp³-hybridized carbons (Fsp3) is 0.556. The van der Waals surface area contributed by atoms with Gasteiger partial charge in [-0.3, -0.25) is 4.79 Å². The molecule has 7 nitrogen and oxygen atoms in total. The summed E-state index contributed by atoms with van der Waals surface area (Å²) in [7, 11) is 2.10. The number of ether oxygens (including phenoxy) is 2. The first-order chi connectivity index (χ1) is 13.6. The predicted octanol–water partition coefficient (Wildman–Crippen LogP) is 2.14. The van der Waals surface area contributed by atoms with Crippen LogP contribution in [0.3, 0.4) is 0 Å². The fourth-order valence-corrected chi connectivity index (χ4v) is 3.23. The lowest BCUT2D eigenvalue weighted by atomic mass is 10.1. The maximum atomic E-state index is 12.3. The Kier molecular flexibility index (Phi) is 8.12. The molecule has 2 atom stereocenters. The van der Waals surface area contributed by atoms with Crippen LogP contribution in [0.4, 0.5) is 13.2 Å². The minimum absolute atomic E-state index is 0.000646. The number of benzene rings is 1. The Hall–Kier alpha value is -2.04. The second-order valence-corrected chi connectivity index (χ2v) is 7.22. The van der Waals surface area contributed by atoms with Crippen molar-refractivity contribution in [2.24, 2.45) is 5.92 Å². The molecule has 3 rings (SSSR count). The second-order valence-electron chi connectivity index (χ2n) is 6.78. The first-order valence-corrected chi connectivity index (χ1v) is 9.20. The molecule has 11 heteroatoms. The molecule has 2 saturated heterocycles. The third-order valence-electron chi connectivity index (χ3n) is 4.49. The summed E-state index contributed by atoms with van der Waals surface area (Å²) in [4.78, 5) is 25.3. The maximum absolute atomic E-state index is 12.3. The number of hydrogen-bond donors (Lipinski definition) is 1. The van der Waals surface area contributed by atoms with Gasteiger partial charge in [0, 0.05) is 37.1 Å². The van der Waals surface area contributed by atoms with E-state index in [1.807, 2.05) is 4.90 Å². The number of carboxylic acid groups (broad SMARTS) is 1. The first kappa shape index (κ1) is 23.2. The van der Waals surface area contributed by atoms with Crippen LogP contribution in [-0.2, 0) is 14.3 Å². The molecule has 0 bridgehead atoms. The zero-order chi connectivity index (χ0) is 21.6. The Bertz CT molecular complexity index is 719. The minimum Gasteiger partial charge on any atom is -0.484 e. The number of likely N-dealkylation sites (N-methyl/N-ethyl adjacent to an activating group) is 1. The average Bonchev–Trinajstić information content (AvgIpc) is 2.94. The van der Waals surface area contributed by atoms with E-state index in [4.69, 9.17) is 31.0 Å². The van der Waals surface area contributed by atoms with Crippen molar-refractivity contribution in [3.63, 3.8) is 0 Å². The zero-order valence-corrected chi connectivity index (χ0v) is 16.4. The molecule has 1 aromatic rings. The molecule has 2 fully saturated rings. The molecular formula is C18H22ClF3N2O5. The molecule has 29 heavy (non-hydrogen) atoms. The van der Waals surface area contributed by atoms with Gasteiger partial charge in [0.25, 0.3) is 5.91 Å². The van der Waals surface area contributed by atoms with Gasteiger partial charge in [0.15, 0.2) is 6.61 Å². The molecule has 1 aromatic carbocycles. The zero-order valence-electron chi connectivity index (χ0n) is 15.7. The molecule has 0 aliphatic carbocycles. The predicted molar refractivity (Wildman–Crippen MR) is 97.9 cm³/mol. The molecule has 1 N–H and O–H groups in total. The molecule has 0 radical (unpaired) electrons. The average molecular weight is 439 g/mol. The Morgan fingerprint density at radius 2 is 2.00 bits per heavy atom. The highest BCUT2D eigenvalue weighted by Gasteiger charge is 2.38. The molecule has 0 unspecified atom stereocenters. The normalized spacial score (nSPS) is 22.2. The molecule has 162 valence electrons. The lowest BCUT2D eigenvalue weighted by Gasteiger charge is -2.19. The van der Waals surface area contributed by atoms with Crippen LogP contribution in [0.1, 0.15) is 0 Å². The number of fused-ring (bicyclic) bond motifs is 1. The summed E-state index contributed by atoms with van der Waals surface area (Å²) in [6, 6.07) is 7.09. The van der Waals surface area contributed by atoms with Gasteiger partial charge in [-0.2, -0.15) is 13.2 Å². The summed E-state index contributed by atoms with van der Waals surface area (Å²) in [5, 5.41) is 7.73. The van der Waals surface area contributed by atoms with Gasteiger partial charge < -0.3 is 24.4 Å². The van der Waals surface area contributed by atoms with E-state index in [-0.39, 0.29) is 18.6 Å². The number of hydrogen-bond acceptors (Lipinski definition) is 5. The van der Waals surface area contributed by atoms with E-state index in [9.17, 15) is 18.0 Å². The van der Waals surface area contributed by atoms with Crippen molar-refractivity contribution in [3.05, 3.63) is 29.3 Å². The quantitative estimate of drug-likeness (QED) is 0.779. The number of likely N-dealkylation sites (tertiary alicyclic amines) is 1. The Morgan fingerprint density at radius 1 is 1.31 bits per heavy atom. The maximum Gasteiger partial charge on any atom is 0.490 e. The fourth-order valence-electron chi connectivity index (χ4n) is 3.05. The summed E-state index contributed by atoms with van der Waals surface area (Å²) in [6.45, 7) is 4.11. The summed E-state index contributed by atoms with van der Waals surface area (Å²) in [5.74, 6) is -1.75. The molecule has 0 spiro atoms. The number of halogens is 4. The second kappa shape index (κ2) is 10.1. The number of nitrogens with zero attached hydrogens (tertiary/aromatic N) is 2. The van der Waals surface area contributed by atoms with E-state index >= 15 is 0 Å². The first-order valence-electron chi connectivity index (χ1n) is 8.82. The molecule has 1 amide bonds. The van der Waals surface area contributed by atoms with Gasteiger partial charge in [0.1, 0.15) is 5.75 Å². The number of aliphatic carboxylic acids is 1. The summed E-state index contributed by atoms with van der Waals surface area (Å²) in [6.07, 6.45) is -4.93. The van der Waals surface area contributed by atoms with Crippen LogP contribution in [0.2, 0.25) is 5.02 Å². The van der Waals surface area contributed by atoms with Crippen LogP contribution >= 0.6 is 11.6 Å². The van der Waals surface area contributed by atoms with E-state index in [1.54, 1.807) is 24.3 Å². The monoisotopic (exact) mass is 438 g/mol. The van der Waals surface area contributed by atoms with Crippen LogP contribution in [0.25, 0.3) is 0 Å². The molecule has 0 saturated carbocycles. The third kappa shape index (κ3) is 7.37. The highest BCUT2D eigenvalue weighted by Crippen LogP contribution is 2.23. The lowest BCUT2D eigenvalue weighted by molar-refractivity contribution is -0.192. The summed E-state index contributed by atoms with van der Waals surface area (Å²) < 4.78 is 43.1. The molecule has 0 aromatic heterocycles. The van der Waals surface area contributed by atoms with Gasteiger partial charge >= 0.3 is 12.1 Å². The van der Waals surface area contributed by atoms with Crippen molar-refractivity contribution in [1.29, 1.82) is 0 Å². The number of amides is 1. The summed E-state index contributed by atoms with van der Waals surface area (Å²) in [5.41, 5.74) is 0. The smallest absolute Gasteiger partial charge is 0.484 e. The highest BCUT2D eigenvalue weighted by molar-refractivity contribution is 6.30. The van der Waals surface area contributed by atoms with E-state index < -0.39 is 12.1 Å². The number of alkyl halides is 3. The van der Waals surface area contributed by atoms with E-state index in [1.165, 1.54) is 0 Å². The van der Waals surface area contributed by atoms with Crippen molar-refractivity contribution in [2.45, 2.75) is 12.3 Å². The van der Waals surface area contributed by atoms with E-state index in [2.05, 4.69) is 11.9 Å². The van der Waals surface area contributed by atoms with E-state index in [0.29, 0.717) is 23.2 Å². The minimum atomic E-state index is -5.08. The van der Waals surface area contributed by atoms with Gasteiger partial charge in [0.2, 0.25) is 0 Å². The number of carboxylic acids is 1. The van der Waals surface area contributed by atoms with Crippen LogP contribution in [0, 0.1) is 5.92 Å². The van der Waals surface area contributed by atoms with Crippen LogP contribution in [-0.4, -0.2) is 85.5 Å². The highest BCUT2D eigenvalue weighted by atomic mass is 35.5. The Balaban J connectivity index is 0.000000370. The van der Waals surface area contributed by atoms with Crippen molar-refractivity contribution in [2.75, 3.05) is 46.4 Å². The van der Waals surface area contributed by atoms with Crippen LogP contribution < -0.4 is 4.74 Å². The Labute approximate surface area is 170 Å². The third-order valence-corrected chi connectivity index (χ3v) is 4.72. The van der Waals surface area contributed by atoms with Crippen LogP contribution in [0.15, 0.2) is 24.3 Å². The van der Waals surface area contributed by atoms with Crippen molar-refractivity contribution < 1.29 is 37.3 Å². The van der Waals surface area contributed by atoms with Gasteiger partial charge in [-0.25, -0.2) is 4.79 Å². The Morgan fingerprint density at radius 3 is 2.62 bits per heavy atom. The molecule has 2 aliphatic rings.